The van der Waals surface area contributed by atoms with Crippen LogP contribution in [0.15, 0.2) is 64.7 Å². The normalized spacial score (nSPS) is 10.7. The number of benzene rings is 2. The number of aromatic nitrogens is 3. The summed E-state index contributed by atoms with van der Waals surface area (Å²) >= 11 is 16.8. The summed E-state index contributed by atoms with van der Waals surface area (Å²) in [5.41, 5.74) is 1.41. The third-order valence-electron chi connectivity index (χ3n) is 3.65. The Balaban J connectivity index is 1.73. The molecule has 1 amide bonds. The monoisotopic (exact) mass is 496 g/mol. The van der Waals surface area contributed by atoms with Crippen LogP contribution in [0.3, 0.4) is 0 Å². The lowest BCUT2D eigenvalue weighted by molar-refractivity contribution is -0.113. The van der Waals surface area contributed by atoms with Crippen molar-refractivity contribution >= 4 is 62.5 Å². The maximum absolute atomic E-state index is 12.3. The van der Waals surface area contributed by atoms with Crippen LogP contribution < -0.4 is 5.32 Å². The van der Waals surface area contributed by atoms with Crippen molar-refractivity contribution in [1.29, 1.82) is 0 Å². The van der Waals surface area contributed by atoms with Gasteiger partial charge in [-0.15, -0.1) is 16.8 Å². The van der Waals surface area contributed by atoms with Crippen molar-refractivity contribution in [1.82, 2.24) is 14.8 Å². The van der Waals surface area contributed by atoms with E-state index in [2.05, 4.69) is 38.0 Å². The highest BCUT2D eigenvalue weighted by atomic mass is 79.9. The van der Waals surface area contributed by atoms with E-state index in [-0.39, 0.29) is 11.7 Å². The first-order valence-corrected chi connectivity index (χ1v) is 10.7. The highest BCUT2D eigenvalue weighted by Gasteiger charge is 2.15. The lowest BCUT2D eigenvalue weighted by Crippen LogP contribution is -2.15. The molecule has 2 aromatic carbocycles. The molecule has 0 aliphatic rings. The van der Waals surface area contributed by atoms with Gasteiger partial charge in [-0.1, -0.05) is 69.1 Å². The molecular formula is C19H15BrCl2N4OS. The van der Waals surface area contributed by atoms with E-state index in [4.69, 9.17) is 23.2 Å². The van der Waals surface area contributed by atoms with Crippen LogP contribution in [0.25, 0.3) is 11.4 Å². The van der Waals surface area contributed by atoms with Gasteiger partial charge in [-0.05, 0) is 30.3 Å². The van der Waals surface area contributed by atoms with E-state index in [0.717, 1.165) is 10.0 Å². The van der Waals surface area contributed by atoms with Crippen LogP contribution >= 0.6 is 50.9 Å². The standard InChI is InChI=1S/C19H15BrCl2N4OS/c1-2-8-26-18(12-4-3-5-14(21)9-12)24-25-19(26)28-11-17(27)23-16-7-6-13(20)10-15(16)22/h2-7,9-10H,1,8,11H2,(H,23,27). The summed E-state index contributed by atoms with van der Waals surface area (Å²) < 4.78 is 2.74. The quantitative estimate of drug-likeness (QED) is 0.324. The molecule has 0 radical (unpaired) electrons. The number of amides is 1. The molecule has 144 valence electrons. The highest BCUT2D eigenvalue weighted by Crippen LogP contribution is 2.28. The Kier molecular flexibility index (Phi) is 7.18. The number of hydrogen-bond acceptors (Lipinski definition) is 4. The maximum atomic E-state index is 12.3. The van der Waals surface area contributed by atoms with Gasteiger partial charge in [0.15, 0.2) is 11.0 Å². The molecule has 3 aromatic rings. The molecule has 1 heterocycles. The summed E-state index contributed by atoms with van der Waals surface area (Å²) in [5.74, 6) is 0.643. The summed E-state index contributed by atoms with van der Waals surface area (Å²) in [6.45, 7) is 4.30. The summed E-state index contributed by atoms with van der Waals surface area (Å²) in [4.78, 5) is 12.3. The van der Waals surface area contributed by atoms with Crippen LogP contribution in [0, 0.1) is 0 Å². The lowest BCUT2D eigenvalue weighted by atomic mass is 10.2. The van der Waals surface area contributed by atoms with Crippen LogP contribution in [0.4, 0.5) is 5.69 Å². The molecule has 1 N–H and O–H groups in total. The Hall–Kier alpha value is -1.80. The van der Waals surface area contributed by atoms with Gasteiger partial charge in [-0.3, -0.25) is 9.36 Å². The van der Waals surface area contributed by atoms with Crippen molar-refractivity contribution in [2.24, 2.45) is 0 Å². The van der Waals surface area contributed by atoms with E-state index < -0.39 is 0 Å². The molecule has 0 fully saturated rings. The van der Waals surface area contributed by atoms with E-state index in [1.807, 2.05) is 28.8 Å². The van der Waals surface area contributed by atoms with E-state index in [1.165, 1.54) is 11.8 Å². The number of carbonyl (C=O) groups is 1. The van der Waals surface area contributed by atoms with Gasteiger partial charge < -0.3 is 5.32 Å². The van der Waals surface area contributed by atoms with E-state index in [9.17, 15) is 4.79 Å². The minimum Gasteiger partial charge on any atom is -0.324 e. The first-order chi connectivity index (χ1) is 13.5. The number of anilines is 1. The molecule has 0 aliphatic carbocycles. The Morgan fingerprint density at radius 3 is 2.79 bits per heavy atom. The van der Waals surface area contributed by atoms with Crippen molar-refractivity contribution in [3.05, 3.63) is 69.6 Å². The Morgan fingerprint density at radius 1 is 1.25 bits per heavy atom. The fraction of sp³-hybridized carbons (Fsp3) is 0.105. The van der Waals surface area contributed by atoms with Crippen molar-refractivity contribution in [3.63, 3.8) is 0 Å². The largest absolute Gasteiger partial charge is 0.324 e. The molecule has 1 aromatic heterocycles. The van der Waals surface area contributed by atoms with Crippen LogP contribution in [0.2, 0.25) is 10.0 Å². The Labute approximate surface area is 185 Å². The second-order valence-corrected chi connectivity index (χ2v) is 8.38. The molecule has 0 saturated carbocycles. The van der Waals surface area contributed by atoms with Gasteiger partial charge in [-0.2, -0.15) is 0 Å². The van der Waals surface area contributed by atoms with Crippen molar-refractivity contribution in [2.75, 3.05) is 11.1 Å². The lowest BCUT2D eigenvalue weighted by Gasteiger charge is -2.09. The summed E-state index contributed by atoms with van der Waals surface area (Å²) in [6, 6.07) is 12.7. The highest BCUT2D eigenvalue weighted by molar-refractivity contribution is 9.10. The number of thioether (sulfide) groups is 1. The van der Waals surface area contributed by atoms with Gasteiger partial charge in [-0.25, -0.2) is 0 Å². The Bertz CT molecular complexity index is 1020. The minimum atomic E-state index is -0.188. The van der Waals surface area contributed by atoms with Gasteiger partial charge in [0, 0.05) is 21.6 Å². The molecule has 0 aliphatic heterocycles. The Morgan fingerprint density at radius 2 is 2.07 bits per heavy atom. The number of nitrogens with zero attached hydrogens (tertiary/aromatic N) is 3. The number of halogens is 3. The average Bonchev–Trinajstić information content (AvgIpc) is 3.05. The number of allylic oxidation sites excluding steroid dienone is 1. The topological polar surface area (TPSA) is 59.8 Å². The van der Waals surface area contributed by atoms with Crippen LogP contribution in [-0.2, 0) is 11.3 Å². The molecule has 9 heteroatoms. The zero-order valence-electron chi connectivity index (χ0n) is 14.5. The molecule has 0 spiro atoms. The SMILES string of the molecule is C=CCn1c(SCC(=O)Nc2ccc(Br)cc2Cl)nnc1-c1cccc(Cl)c1. The molecule has 0 unspecified atom stereocenters. The smallest absolute Gasteiger partial charge is 0.234 e. The van der Waals surface area contributed by atoms with Gasteiger partial charge in [0.25, 0.3) is 0 Å². The van der Waals surface area contributed by atoms with Crippen molar-refractivity contribution in [2.45, 2.75) is 11.7 Å². The molecule has 5 nitrogen and oxygen atoms in total. The molecule has 3 rings (SSSR count). The van der Waals surface area contributed by atoms with Gasteiger partial charge >= 0.3 is 0 Å². The maximum Gasteiger partial charge on any atom is 0.234 e. The van der Waals surface area contributed by atoms with E-state index in [1.54, 1.807) is 24.3 Å². The summed E-state index contributed by atoms with van der Waals surface area (Å²) in [5, 5.41) is 13.0. The predicted molar refractivity (Wildman–Crippen MR) is 119 cm³/mol. The second-order valence-electron chi connectivity index (χ2n) is 5.68. The van der Waals surface area contributed by atoms with Crippen LogP contribution in [0.1, 0.15) is 0 Å². The molecule has 0 atom stereocenters. The molecule has 0 bridgehead atoms. The first-order valence-electron chi connectivity index (χ1n) is 8.15. The fourth-order valence-corrected chi connectivity index (χ4v) is 4.10. The zero-order valence-corrected chi connectivity index (χ0v) is 18.4. The minimum absolute atomic E-state index is 0.164. The van der Waals surface area contributed by atoms with Gasteiger partial charge in [0.1, 0.15) is 0 Å². The van der Waals surface area contributed by atoms with Gasteiger partial charge in [0.2, 0.25) is 5.91 Å². The number of hydrogen-bond donors (Lipinski definition) is 1. The number of nitrogens with one attached hydrogen (secondary N) is 1. The molecular weight excluding hydrogens is 483 g/mol. The molecule has 28 heavy (non-hydrogen) atoms. The van der Waals surface area contributed by atoms with E-state index in [0.29, 0.717) is 33.3 Å². The van der Waals surface area contributed by atoms with Crippen LogP contribution in [-0.4, -0.2) is 26.4 Å². The summed E-state index contributed by atoms with van der Waals surface area (Å²) in [7, 11) is 0. The second kappa shape index (κ2) is 9.60. The van der Waals surface area contributed by atoms with Crippen LogP contribution in [0.5, 0.6) is 0 Å². The number of rotatable bonds is 7. The predicted octanol–water partition coefficient (Wildman–Crippen LogP) is 5.93. The molecule has 0 saturated heterocycles. The first kappa shape index (κ1) is 20.9. The van der Waals surface area contributed by atoms with Gasteiger partial charge in [0.05, 0.1) is 16.5 Å². The number of carbonyl (C=O) groups excluding carboxylic acids is 1. The average molecular weight is 498 g/mol. The zero-order chi connectivity index (χ0) is 20.1. The third kappa shape index (κ3) is 5.17. The van der Waals surface area contributed by atoms with Crippen molar-refractivity contribution < 1.29 is 4.79 Å². The third-order valence-corrected chi connectivity index (χ3v) is 5.66. The fourth-order valence-electron chi connectivity index (χ4n) is 2.44. The summed E-state index contributed by atoms with van der Waals surface area (Å²) in [6.07, 6.45) is 1.75. The van der Waals surface area contributed by atoms with Crippen molar-refractivity contribution in [3.8, 4) is 11.4 Å². The van der Waals surface area contributed by atoms with E-state index >= 15 is 0 Å².